The predicted molar refractivity (Wildman–Crippen MR) is 82.9 cm³/mol. The van der Waals surface area contributed by atoms with Gasteiger partial charge in [0.15, 0.2) is 0 Å². The summed E-state index contributed by atoms with van der Waals surface area (Å²) in [5.74, 6) is 0. The van der Waals surface area contributed by atoms with Gasteiger partial charge in [-0.1, -0.05) is 13.8 Å². The minimum Gasteiger partial charge on any atom is -0.377 e. The Balaban J connectivity index is 2.10. The van der Waals surface area contributed by atoms with Crippen molar-refractivity contribution in [3.63, 3.8) is 0 Å². The van der Waals surface area contributed by atoms with E-state index in [-0.39, 0.29) is 5.60 Å². The maximum absolute atomic E-state index is 6.01. The van der Waals surface area contributed by atoms with Gasteiger partial charge in [0.25, 0.3) is 0 Å². The third-order valence-electron chi connectivity index (χ3n) is 4.86. The zero-order chi connectivity index (χ0) is 13.9. The first-order valence-corrected chi connectivity index (χ1v) is 8.19. The van der Waals surface area contributed by atoms with Gasteiger partial charge in [-0.25, -0.2) is 0 Å². The highest BCUT2D eigenvalue weighted by Gasteiger charge is 2.43. The van der Waals surface area contributed by atoms with E-state index in [1.165, 1.54) is 18.4 Å². The fraction of sp³-hybridized carbons (Fsp3) is 0.750. The zero-order valence-electron chi connectivity index (χ0n) is 12.7. The molecule has 2 rings (SSSR count). The molecule has 1 unspecified atom stereocenters. The summed E-state index contributed by atoms with van der Waals surface area (Å²) >= 11 is 1.78. The highest BCUT2D eigenvalue weighted by molar-refractivity contribution is 7.07. The van der Waals surface area contributed by atoms with Crippen LogP contribution in [0.25, 0.3) is 0 Å². The van der Waals surface area contributed by atoms with Gasteiger partial charge in [0.2, 0.25) is 0 Å². The molecule has 108 valence electrons. The molecular formula is C16H27NOS. The van der Waals surface area contributed by atoms with E-state index in [9.17, 15) is 0 Å². The number of hydrogen-bond donors (Lipinski definition) is 1. The summed E-state index contributed by atoms with van der Waals surface area (Å²) in [5, 5.41) is 7.92. The molecule has 0 amide bonds. The third kappa shape index (κ3) is 3.39. The van der Waals surface area contributed by atoms with Crippen molar-refractivity contribution in [3.8, 4) is 0 Å². The maximum atomic E-state index is 6.01. The van der Waals surface area contributed by atoms with Crippen molar-refractivity contribution in [2.45, 2.75) is 57.6 Å². The molecule has 1 heterocycles. The molecule has 1 aromatic rings. The fourth-order valence-corrected chi connectivity index (χ4v) is 3.92. The van der Waals surface area contributed by atoms with Crippen LogP contribution in [0.3, 0.4) is 0 Å². The Hall–Kier alpha value is -0.380. The molecule has 0 bridgehead atoms. The van der Waals surface area contributed by atoms with Gasteiger partial charge in [-0.2, -0.15) is 11.3 Å². The van der Waals surface area contributed by atoms with Gasteiger partial charge in [0, 0.05) is 13.2 Å². The number of methoxy groups -OCH3 is 1. The van der Waals surface area contributed by atoms with Crippen LogP contribution in [0.1, 0.15) is 45.1 Å². The van der Waals surface area contributed by atoms with Crippen LogP contribution in [0.2, 0.25) is 0 Å². The SMILES string of the molecule is CNC(Cc1ccsc1)C1(OC)CCC(C)(C)CC1. The summed E-state index contributed by atoms with van der Waals surface area (Å²) in [4.78, 5) is 0. The first kappa shape index (κ1) is 15.0. The molecular weight excluding hydrogens is 254 g/mol. The van der Waals surface area contributed by atoms with Crippen molar-refractivity contribution >= 4 is 11.3 Å². The van der Waals surface area contributed by atoms with E-state index in [4.69, 9.17) is 4.74 Å². The van der Waals surface area contributed by atoms with Gasteiger partial charge in [0.1, 0.15) is 0 Å². The normalized spacial score (nSPS) is 23.2. The van der Waals surface area contributed by atoms with E-state index in [2.05, 4.69) is 43.0 Å². The first-order chi connectivity index (χ1) is 9.01. The predicted octanol–water partition coefficient (Wildman–Crippen LogP) is 3.86. The smallest absolute Gasteiger partial charge is 0.0834 e. The average Bonchev–Trinajstić information content (AvgIpc) is 2.90. The summed E-state index contributed by atoms with van der Waals surface area (Å²) < 4.78 is 6.01. The second-order valence-corrected chi connectivity index (χ2v) is 7.39. The molecule has 1 atom stereocenters. The Labute approximate surface area is 121 Å². The van der Waals surface area contributed by atoms with E-state index in [0.29, 0.717) is 11.5 Å². The molecule has 19 heavy (non-hydrogen) atoms. The second kappa shape index (κ2) is 5.94. The van der Waals surface area contributed by atoms with Crippen molar-refractivity contribution in [3.05, 3.63) is 22.4 Å². The summed E-state index contributed by atoms with van der Waals surface area (Å²) in [6.07, 6.45) is 5.89. The Bertz CT molecular complexity index is 375. The monoisotopic (exact) mass is 281 g/mol. The second-order valence-electron chi connectivity index (χ2n) is 6.61. The molecule has 0 saturated heterocycles. The Morgan fingerprint density at radius 1 is 1.32 bits per heavy atom. The van der Waals surface area contributed by atoms with E-state index >= 15 is 0 Å². The molecule has 0 aromatic carbocycles. The Kier molecular flexibility index (Phi) is 4.70. The highest BCUT2D eigenvalue weighted by Crippen LogP contribution is 2.43. The lowest BCUT2D eigenvalue weighted by atomic mass is 9.67. The summed E-state index contributed by atoms with van der Waals surface area (Å²) in [6.45, 7) is 4.75. The summed E-state index contributed by atoms with van der Waals surface area (Å²) in [6, 6.07) is 2.63. The number of thiophene rings is 1. The van der Waals surface area contributed by atoms with Crippen molar-refractivity contribution in [2.24, 2.45) is 5.41 Å². The Morgan fingerprint density at radius 3 is 2.47 bits per heavy atom. The standard InChI is InChI=1S/C16H27NOS/c1-15(2)6-8-16(18-4,9-7-15)14(17-3)11-13-5-10-19-12-13/h5,10,12,14,17H,6-9,11H2,1-4H3. The van der Waals surface area contributed by atoms with Crippen LogP contribution in [-0.2, 0) is 11.2 Å². The fourth-order valence-electron chi connectivity index (χ4n) is 3.24. The number of rotatable bonds is 5. The van der Waals surface area contributed by atoms with Gasteiger partial charge in [-0.05, 0) is 67.0 Å². The molecule has 1 aromatic heterocycles. The molecule has 1 N–H and O–H groups in total. The number of hydrogen-bond acceptors (Lipinski definition) is 3. The summed E-state index contributed by atoms with van der Waals surface area (Å²) in [7, 11) is 3.95. The third-order valence-corrected chi connectivity index (χ3v) is 5.59. The molecule has 0 radical (unpaired) electrons. The van der Waals surface area contributed by atoms with Crippen LogP contribution in [-0.4, -0.2) is 25.8 Å². The molecule has 1 aliphatic rings. The van der Waals surface area contributed by atoms with E-state index in [1.807, 2.05) is 7.11 Å². The molecule has 2 nitrogen and oxygen atoms in total. The first-order valence-electron chi connectivity index (χ1n) is 7.25. The summed E-state index contributed by atoms with van der Waals surface area (Å²) in [5.41, 5.74) is 1.90. The number of nitrogens with one attached hydrogen (secondary N) is 1. The van der Waals surface area contributed by atoms with Gasteiger partial charge in [-0.15, -0.1) is 0 Å². The molecule has 3 heteroatoms. The lowest BCUT2D eigenvalue weighted by Crippen LogP contribution is -2.54. The van der Waals surface area contributed by atoms with Gasteiger partial charge in [0.05, 0.1) is 5.60 Å². The van der Waals surface area contributed by atoms with Crippen LogP contribution < -0.4 is 5.32 Å². The lowest BCUT2D eigenvalue weighted by molar-refractivity contribution is -0.0847. The van der Waals surface area contributed by atoms with E-state index in [0.717, 1.165) is 19.3 Å². The molecule has 0 aliphatic heterocycles. The van der Waals surface area contributed by atoms with Crippen LogP contribution >= 0.6 is 11.3 Å². The van der Waals surface area contributed by atoms with Crippen molar-refractivity contribution in [1.82, 2.24) is 5.32 Å². The van der Waals surface area contributed by atoms with Gasteiger partial charge in [-0.3, -0.25) is 0 Å². The average molecular weight is 281 g/mol. The molecule has 1 saturated carbocycles. The van der Waals surface area contributed by atoms with Crippen LogP contribution in [0.5, 0.6) is 0 Å². The van der Waals surface area contributed by atoms with Crippen molar-refractivity contribution in [2.75, 3.05) is 14.2 Å². The largest absolute Gasteiger partial charge is 0.377 e. The molecule has 1 aliphatic carbocycles. The van der Waals surface area contributed by atoms with E-state index in [1.54, 1.807) is 11.3 Å². The minimum atomic E-state index is 0.00616. The van der Waals surface area contributed by atoms with Crippen LogP contribution in [0, 0.1) is 5.41 Å². The van der Waals surface area contributed by atoms with Gasteiger partial charge >= 0.3 is 0 Å². The van der Waals surface area contributed by atoms with E-state index < -0.39 is 0 Å². The molecule has 0 spiro atoms. The van der Waals surface area contributed by atoms with Crippen molar-refractivity contribution < 1.29 is 4.74 Å². The lowest BCUT2D eigenvalue weighted by Gasteiger charge is -2.47. The van der Waals surface area contributed by atoms with Crippen LogP contribution in [0.15, 0.2) is 16.8 Å². The maximum Gasteiger partial charge on any atom is 0.0834 e. The quantitative estimate of drug-likeness (QED) is 0.885. The van der Waals surface area contributed by atoms with Crippen LogP contribution in [0.4, 0.5) is 0 Å². The van der Waals surface area contributed by atoms with Crippen molar-refractivity contribution in [1.29, 1.82) is 0 Å². The highest BCUT2D eigenvalue weighted by atomic mass is 32.1. The zero-order valence-corrected chi connectivity index (χ0v) is 13.5. The number of likely N-dealkylation sites (N-methyl/N-ethyl adjacent to an activating group) is 1. The van der Waals surface area contributed by atoms with Gasteiger partial charge < -0.3 is 10.1 Å². The minimum absolute atomic E-state index is 0.00616. The Morgan fingerprint density at radius 2 is 2.00 bits per heavy atom. The number of ether oxygens (including phenoxy) is 1. The topological polar surface area (TPSA) is 21.3 Å². The molecule has 1 fully saturated rings.